The first-order valence-corrected chi connectivity index (χ1v) is 12.4. The van der Waals surface area contributed by atoms with Crippen LogP contribution in [0.5, 0.6) is 0 Å². The minimum atomic E-state index is -0.665. The number of hydrogen-bond donors (Lipinski definition) is 3. The molecule has 36 heavy (non-hydrogen) atoms. The molecular formula is C26H24FN5O3S. The number of halogens is 1. The molecule has 0 unspecified atom stereocenters. The van der Waals surface area contributed by atoms with Crippen LogP contribution < -0.4 is 10.6 Å². The largest absolute Gasteiger partial charge is 0.340 e. The van der Waals surface area contributed by atoms with Gasteiger partial charge in [0.15, 0.2) is 0 Å². The van der Waals surface area contributed by atoms with Gasteiger partial charge in [0.05, 0.1) is 22.3 Å². The third-order valence-electron chi connectivity index (χ3n) is 6.24. The Hall–Kier alpha value is -4.05. The zero-order valence-corrected chi connectivity index (χ0v) is 20.3. The highest BCUT2D eigenvalue weighted by molar-refractivity contribution is 7.14. The van der Waals surface area contributed by atoms with Gasteiger partial charge in [0.2, 0.25) is 5.91 Å². The van der Waals surface area contributed by atoms with Crippen molar-refractivity contribution < 1.29 is 18.8 Å². The van der Waals surface area contributed by atoms with Gasteiger partial charge in [-0.3, -0.25) is 19.5 Å². The lowest BCUT2D eigenvalue weighted by Gasteiger charge is -2.30. The van der Waals surface area contributed by atoms with Crippen LogP contribution in [0.15, 0.2) is 54.7 Å². The molecule has 3 N–H and O–H groups in total. The fraction of sp³-hybridized carbons (Fsp3) is 0.231. The average molecular weight is 506 g/mol. The molecule has 2 aromatic carbocycles. The summed E-state index contributed by atoms with van der Waals surface area (Å²) in [5.41, 5.74) is 2.31. The van der Waals surface area contributed by atoms with E-state index in [0.29, 0.717) is 36.4 Å². The van der Waals surface area contributed by atoms with Crippen LogP contribution in [0.4, 0.5) is 10.1 Å². The van der Waals surface area contributed by atoms with E-state index in [1.807, 2.05) is 6.92 Å². The molecule has 0 spiro atoms. The Bertz CT molecular complexity index is 1460. The fourth-order valence-corrected chi connectivity index (χ4v) is 5.32. The number of aromatic nitrogens is 2. The van der Waals surface area contributed by atoms with Gasteiger partial charge in [0.1, 0.15) is 11.9 Å². The molecule has 3 amide bonds. The summed E-state index contributed by atoms with van der Waals surface area (Å²) in [4.78, 5) is 42.0. The minimum Gasteiger partial charge on any atom is -0.340 e. The predicted molar refractivity (Wildman–Crippen MR) is 135 cm³/mol. The number of fused-ring (bicyclic) bond motifs is 2. The van der Waals surface area contributed by atoms with E-state index in [-0.39, 0.29) is 23.4 Å². The van der Waals surface area contributed by atoms with E-state index in [0.717, 1.165) is 21.3 Å². The van der Waals surface area contributed by atoms with Crippen molar-refractivity contribution in [1.29, 1.82) is 0 Å². The Morgan fingerprint density at radius 1 is 1.17 bits per heavy atom. The molecular weight excluding hydrogens is 481 g/mol. The first-order valence-electron chi connectivity index (χ1n) is 11.6. The Labute approximate surface area is 210 Å². The predicted octanol–water partition coefficient (Wildman–Crippen LogP) is 4.11. The second-order valence-corrected chi connectivity index (χ2v) is 9.75. The van der Waals surface area contributed by atoms with Crippen LogP contribution in [0.1, 0.15) is 43.8 Å². The Balaban J connectivity index is 1.25. The first kappa shape index (κ1) is 23.7. The number of hydrogen-bond acceptors (Lipinski definition) is 5. The number of thiophene rings is 1. The number of H-pyrrole nitrogens is 1. The maximum Gasteiger partial charge on any atom is 0.265 e. The SMILES string of the molecule is CC[C@@H](NC(=O)c1ccc2[nH]ncc2c1)C(=O)N1CCc2sc(C(=O)Nc3ccccc3F)cc2C1. The number of nitrogens with zero attached hydrogens (tertiary/aromatic N) is 2. The minimum absolute atomic E-state index is 0.124. The van der Waals surface area contributed by atoms with Crippen LogP contribution in [-0.2, 0) is 17.8 Å². The van der Waals surface area contributed by atoms with Crippen molar-refractivity contribution in [3.63, 3.8) is 0 Å². The van der Waals surface area contributed by atoms with Gasteiger partial charge in [-0.15, -0.1) is 11.3 Å². The van der Waals surface area contributed by atoms with Crippen LogP contribution in [0.25, 0.3) is 10.9 Å². The number of aromatic amines is 1. The van der Waals surface area contributed by atoms with Gasteiger partial charge < -0.3 is 15.5 Å². The van der Waals surface area contributed by atoms with Crippen molar-refractivity contribution in [2.24, 2.45) is 0 Å². The van der Waals surface area contributed by atoms with Crippen LogP contribution in [-0.4, -0.2) is 45.4 Å². The molecule has 0 saturated carbocycles. The normalized spacial score (nSPS) is 13.8. The molecule has 8 nitrogen and oxygen atoms in total. The van der Waals surface area contributed by atoms with Gasteiger partial charge >= 0.3 is 0 Å². The fourth-order valence-electron chi connectivity index (χ4n) is 4.26. The lowest BCUT2D eigenvalue weighted by Crippen LogP contribution is -2.49. The molecule has 3 heterocycles. The molecule has 184 valence electrons. The van der Waals surface area contributed by atoms with Crippen molar-refractivity contribution in [2.75, 3.05) is 11.9 Å². The number of carbonyl (C=O) groups is 3. The number of para-hydroxylation sites is 1. The van der Waals surface area contributed by atoms with E-state index < -0.39 is 11.9 Å². The highest BCUT2D eigenvalue weighted by Crippen LogP contribution is 2.29. The van der Waals surface area contributed by atoms with Crippen LogP contribution in [0.3, 0.4) is 0 Å². The highest BCUT2D eigenvalue weighted by atomic mass is 32.1. The van der Waals surface area contributed by atoms with Crippen molar-refractivity contribution >= 4 is 45.6 Å². The van der Waals surface area contributed by atoms with Gasteiger partial charge in [-0.2, -0.15) is 5.10 Å². The van der Waals surface area contributed by atoms with Crippen LogP contribution in [0, 0.1) is 5.82 Å². The second kappa shape index (κ2) is 9.90. The number of carbonyl (C=O) groups excluding carboxylic acids is 3. The van der Waals surface area contributed by atoms with Crippen molar-refractivity contribution in [3.05, 3.63) is 81.4 Å². The summed E-state index contributed by atoms with van der Waals surface area (Å²) in [6.07, 6.45) is 2.70. The quantitative estimate of drug-likeness (QED) is 0.367. The monoisotopic (exact) mass is 505 g/mol. The third-order valence-corrected chi connectivity index (χ3v) is 7.47. The number of rotatable bonds is 6. The Kier molecular flexibility index (Phi) is 6.51. The Morgan fingerprint density at radius 2 is 2.00 bits per heavy atom. The van der Waals surface area contributed by atoms with Gasteiger partial charge in [-0.05, 0) is 54.8 Å². The Morgan fingerprint density at radius 3 is 2.81 bits per heavy atom. The van der Waals surface area contributed by atoms with Crippen molar-refractivity contribution in [3.8, 4) is 0 Å². The molecule has 2 aromatic heterocycles. The molecule has 5 rings (SSSR count). The van der Waals surface area contributed by atoms with E-state index in [1.54, 1.807) is 47.5 Å². The van der Waals surface area contributed by atoms with Gasteiger partial charge in [0, 0.05) is 28.9 Å². The summed E-state index contributed by atoms with van der Waals surface area (Å²) >= 11 is 1.36. The number of anilines is 1. The summed E-state index contributed by atoms with van der Waals surface area (Å²) in [5, 5.41) is 13.1. The number of benzene rings is 2. The third kappa shape index (κ3) is 4.72. The highest BCUT2D eigenvalue weighted by Gasteiger charge is 2.29. The summed E-state index contributed by atoms with van der Waals surface area (Å²) < 4.78 is 13.9. The van der Waals surface area contributed by atoms with Crippen LogP contribution in [0.2, 0.25) is 0 Å². The molecule has 0 radical (unpaired) electrons. The summed E-state index contributed by atoms with van der Waals surface area (Å²) in [5.74, 6) is -1.37. The molecule has 1 aliphatic rings. The smallest absolute Gasteiger partial charge is 0.265 e. The first-order chi connectivity index (χ1) is 17.4. The standard InChI is InChI=1S/C26H24FN5O3S/c1-2-19(29-24(33)15-7-8-20-16(11-15)13-28-31-20)26(35)32-10-9-22-17(14-32)12-23(36-22)25(34)30-21-6-4-3-5-18(21)27/h3-8,11-13,19H,2,9-10,14H2,1H3,(H,28,31)(H,29,33)(H,30,34)/t19-/m1/s1. The molecule has 1 aliphatic heterocycles. The van der Waals surface area contributed by atoms with E-state index in [4.69, 9.17) is 0 Å². The average Bonchev–Trinajstić information content (AvgIpc) is 3.54. The molecule has 4 aromatic rings. The van der Waals surface area contributed by atoms with Gasteiger partial charge in [-0.1, -0.05) is 19.1 Å². The molecule has 0 aliphatic carbocycles. The zero-order valence-electron chi connectivity index (χ0n) is 19.5. The lowest BCUT2D eigenvalue weighted by molar-refractivity contribution is -0.134. The summed E-state index contributed by atoms with van der Waals surface area (Å²) in [6, 6.07) is 12.3. The maximum atomic E-state index is 13.9. The van der Waals surface area contributed by atoms with E-state index in [9.17, 15) is 18.8 Å². The molecule has 0 fully saturated rings. The van der Waals surface area contributed by atoms with E-state index in [1.165, 1.54) is 23.5 Å². The second-order valence-electron chi connectivity index (χ2n) is 8.61. The lowest BCUT2D eigenvalue weighted by atomic mass is 10.1. The van der Waals surface area contributed by atoms with E-state index >= 15 is 0 Å². The van der Waals surface area contributed by atoms with Crippen molar-refractivity contribution in [1.82, 2.24) is 20.4 Å². The van der Waals surface area contributed by atoms with Crippen molar-refractivity contribution in [2.45, 2.75) is 32.4 Å². The summed E-state index contributed by atoms with van der Waals surface area (Å²) in [7, 11) is 0. The zero-order chi connectivity index (χ0) is 25.2. The van der Waals surface area contributed by atoms with Crippen LogP contribution >= 0.6 is 11.3 Å². The van der Waals surface area contributed by atoms with E-state index in [2.05, 4.69) is 20.8 Å². The molecule has 1 atom stereocenters. The molecule has 0 bridgehead atoms. The molecule has 0 saturated heterocycles. The van der Waals surface area contributed by atoms with Gasteiger partial charge in [0.25, 0.3) is 11.8 Å². The van der Waals surface area contributed by atoms with Gasteiger partial charge in [-0.25, -0.2) is 4.39 Å². The number of nitrogens with one attached hydrogen (secondary N) is 3. The summed E-state index contributed by atoms with van der Waals surface area (Å²) in [6.45, 7) is 2.70. The maximum absolute atomic E-state index is 13.9. The number of amides is 3. The topological polar surface area (TPSA) is 107 Å². The molecule has 10 heteroatoms.